The van der Waals surface area contributed by atoms with Gasteiger partial charge in [-0.3, -0.25) is 4.84 Å². The predicted molar refractivity (Wildman–Crippen MR) is 277 cm³/mol. The maximum atomic E-state index is 9.77. The van der Waals surface area contributed by atoms with Crippen LogP contribution in [0.3, 0.4) is 0 Å². The van der Waals surface area contributed by atoms with E-state index in [1.165, 1.54) is 0 Å². The van der Waals surface area contributed by atoms with Crippen LogP contribution in [0, 0.1) is 11.8 Å². The molecule has 416 valence electrons. The fraction of sp³-hybridized carbons (Fsp3) is 0.571. The van der Waals surface area contributed by atoms with Crippen LogP contribution in [0.1, 0.15) is 63.2 Å². The van der Waals surface area contributed by atoms with Gasteiger partial charge in [-0.05, 0) is 48.9 Å². The van der Waals surface area contributed by atoms with Gasteiger partial charge in [0.05, 0.1) is 70.6 Å². The summed E-state index contributed by atoms with van der Waals surface area (Å²) in [7, 11) is 0. The molecule has 1 N–H and O–H groups in total. The zero-order chi connectivity index (χ0) is 53.6. The van der Waals surface area contributed by atoms with Crippen molar-refractivity contribution in [3.05, 3.63) is 154 Å². The van der Waals surface area contributed by atoms with Gasteiger partial charge >= 0.3 is 0 Å². The Morgan fingerprint density at radius 3 is 1.97 bits per heavy atom. The van der Waals surface area contributed by atoms with Crippen LogP contribution >= 0.6 is 23.2 Å². The number of benzene rings is 4. The quantitative estimate of drug-likeness (QED) is 0.0195. The molecule has 0 radical (unpaired) electrons. The van der Waals surface area contributed by atoms with Crippen molar-refractivity contribution in [3.63, 3.8) is 0 Å². The lowest BCUT2D eigenvalue weighted by Gasteiger charge is -2.49. The average molecular weight is 1110 g/mol. The van der Waals surface area contributed by atoms with Crippen LogP contribution in [0.4, 0.5) is 0 Å². The third-order valence-corrected chi connectivity index (χ3v) is 15.0. The Hall–Kier alpha value is -3.87. The number of hydroxylamine groups is 1. The first-order chi connectivity index (χ1) is 37.3. The van der Waals surface area contributed by atoms with Crippen LogP contribution < -0.4 is 5.48 Å². The maximum Gasteiger partial charge on any atom is 0.229 e. The second kappa shape index (κ2) is 25.3. The molecule has 4 aromatic carbocycles. The maximum absolute atomic E-state index is 9.77. The van der Waals surface area contributed by atoms with Crippen molar-refractivity contribution < 1.29 is 71.2 Å². The smallest absolute Gasteiger partial charge is 0.229 e. The third-order valence-electron chi connectivity index (χ3n) is 14.9. The average Bonchev–Trinajstić information content (AvgIpc) is 4.29. The molecule has 6 fully saturated rings. The van der Waals surface area contributed by atoms with Gasteiger partial charge in [-0.15, -0.1) is 0 Å². The lowest BCUT2D eigenvalue weighted by atomic mass is 9.88. The van der Waals surface area contributed by atoms with E-state index in [9.17, 15) is 5.53 Å². The first kappa shape index (κ1) is 56.4. The molecule has 0 aliphatic carbocycles. The Labute approximate surface area is 458 Å². The number of azide groups is 1. The fourth-order valence-electron chi connectivity index (χ4n) is 11.0. The van der Waals surface area contributed by atoms with Crippen LogP contribution in [0.25, 0.3) is 10.4 Å². The van der Waals surface area contributed by atoms with Crippen molar-refractivity contribution >= 4 is 23.2 Å². The summed E-state index contributed by atoms with van der Waals surface area (Å²) in [5.41, 5.74) is 14.9. The standard InChI is InChI=1S/C56H68Cl2N4O15/c1-34-43(60-62-59)41(29-63-26-37-18-10-6-11-19-37)69-52(77-61-53(57)58)45(34)70-51-48-47(72-54(4,5)73-48)46(36(3)68-51)71-49-35(2)44(42(30-67-49)66-28-39-22-14-8-15-23-39)74-56-33-65-32-55(56,31-64-27-38-20-12-7-13-21-38)75-50(76-56)40-24-16-9-17-25-40/h6-25,34-36,41-53,61H,26-33H2,1-5H3/t34?,35?,36?,41?,42-,43-,44?,45?,46+,47?,48?,49+,50-,51+,52-,55+,56?/m1/s1. The van der Waals surface area contributed by atoms with Crippen LogP contribution in [0.15, 0.2) is 126 Å². The molecule has 19 nitrogen and oxygen atoms in total. The summed E-state index contributed by atoms with van der Waals surface area (Å²) in [6.07, 6.45) is -9.85. The first-order valence-corrected chi connectivity index (χ1v) is 27.1. The minimum atomic E-state index is -1.44. The van der Waals surface area contributed by atoms with Gasteiger partial charge in [0, 0.05) is 16.4 Å². The number of ether oxygens (including phenoxy) is 14. The summed E-state index contributed by atoms with van der Waals surface area (Å²) < 4.78 is 93.8. The van der Waals surface area contributed by atoms with Gasteiger partial charge in [-0.2, -0.15) is 5.48 Å². The number of halogens is 2. The zero-order valence-corrected chi connectivity index (χ0v) is 45.2. The number of rotatable bonds is 22. The molecule has 6 aliphatic rings. The molecule has 6 heterocycles. The molecule has 6 saturated heterocycles. The summed E-state index contributed by atoms with van der Waals surface area (Å²) in [6, 6.07) is 38.6. The number of hydrogen-bond donors (Lipinski definition) is 1. The molecule has 17 atom stereocenters. The van der Waals surface area contributed by atoms with E-state index >= 15 is 0 Å². The van der Waals surface area contributed by atoms with E-state index in [1.807, 2.05) is 156 Å². The minimum Gasteiger partial charge on any atom is -0.374 e. The number of alkyl halides is 2. The van der Waals surface area contributed by atoms with E-state index in [0.29, 0.717) is 19.8 Å². The topological polar surface area (TPSA) is 199 Å². The van der Waals surface area contributed by atoms with Gasteiger partial charge in [0.15, 0.2) is 35.2 Å². The summed E-state index contributed by atoms with van der Waals surface area (Å²) in [5.74, 6) is -3.57. The van der Waals surface area contributed by atoms with Crippen molar-refractivity contribution in [1.82, 2.24) is 5.48 Å². The molecule has 10 rings (SSSR count). The molecule has 0 amide bonds. The second-order valence-electron chi connectivity index (χ2n) is 20.8. The van der Waals surface area contributed by atoms with Crippen molar-refractivity contribution in [2.75, 3.05) is 33.0 Å². The summed E-state index contributed by atoms with van der Waals surface area (Å²) in [6.45, 7) is 10.8. The number of nitrogens with one attached hydrogen (secondary N) is 1. The number of nitrogens with zero attached hydrogens (tertiary/aromatic N) is 3. The largest absolute Gasteiger partial charge is 0.374 e. The fourth-order valence-corrected chi connectivity index (χ4v) is 11.1. The number of fused-ring (bicyclic) bond motifs is 2. The van der Waals surface area contributed by atoms with Crippen LogP contribution in [0.5, 0.6) is 0 Å². The summed E-state index contributed by atoms with van der Waals surface area (Å²) >= 11 is 12.2. The Kier molecular flexibility index (Phi) is 18.5. The SMILES string of the molecule is CC1C(OC23COC[C@]2(COCc2ccccc2)O[C@@H](c2ccccc2)O3)[C@H](OCc2ccccc2)CO[C@H]1O[C@H]1C(C)O[C@@H](OC2C(C)[C@@H](N=[N+]=[N-])C(COCc3ccccc3)O[C@@H]2ONC(Cl)Cl)C2OC(C)(C)OC21. The van der Waals surface area contributed by atoms with Crippen molar-refractivity contribution in [3.8, 4) is 0 Å². The van der Waals surface area contributed by atoms with Gasteiger partial charge in [-0.25, -0.2) is 0 Å². The van der Waals surface area contributed by atoms with Crippen LogP contribution in [-0.4, -0.2) is 129 Å². The highest BCUT2D eigenvalue weighted by molar-refractivity contribution is 6.43. The van der Waals surface area contributed by atoms with Crippen LogP contribution in [-0.2, 0) is 91.0 Å². The van der Waals surface area contributed by atoms with E-state index in [1.54, 1.807) is 0 Å². The molecular formula is C56H68Cl2N4O15. The summed E-state index contributed by atoms with van der Waals surface area (Å²) in [5, 5.41) is 4.16. The number of hydrogen-bond acceptors (Lipinski definition) is 17. The van der Waals surface area contributed by atoms with E-state index in [4.69, 9.17) is 94.4 Å². The molecule has 4 aromatic rings. The molecule has 21 heteroatoms. The van der Waals surface area contributed by atoms with Crippen molar-refractivity contribution in [2.24, 2.45) is 17.0 Å². The predicted octanol–water partition coefficient (Wildman–Crippen LogP) is 8.95. The third kappa shape index (κ3) is 13.0. The Bertz CT molecular complexity index is 2530. The van der Waals surface area contributed by atoms with Gasteiger partial charge in [0.1, 0.15) is 37.1 Å². The normalized spacial score (nSPS) is 36.5. The Balaban J connectivity index is 0.886. The molecule has 77 heavy (non-hydrogen) atoms. The molecule has 0 bridgehead atoms. The van der Waals surface area contributed by atoms with E-state index in [-0.39, 0.29) is 33.0 Å². The monoisotopic (exact) mass is 1110 g/mol. The van der Waals surface area contributed by atoms with E-state index in [2.05, 4.69) is 15.5 Å². The molecule has 9 unspecified atom stereocenters. The van der Waals surface area contributed by atoms with Gasteiger partial charge in [-0.1, -0.05) is 163 Å². The molecule has 0 spiro atoms. The Morgan fingerprint density at radius 1 is 0.688 bits per heavy atom. The molecule has 0 saturated carbocycles. The highest BCUT2D eigenvalue weighted by atomic mass is 35.5. The minimum absolute atomic E-state index is 0.0577. The molecule has 0 aromatic heterocycles. The highest BCUT2D eigenvalue weighted by Crippen LogP contribution is 2.52. The highest BCUT2D eigenvalue weighted by Gasteiger charge is 2.69. The van der Waals surface area contributed by atoms with Gasteiger partial charge in [0.25, 0.3) is 0 Å². The van der Waals surface area contributed by atoms with Gasteiger partial charge < -0.3 is 66.3 Å². The van der Waals surface area contributed by atoms with Gasteiger partial charge in [0.2, 0.25) is 12.1 Å². The Morgan fingerprint density at radius 2 is 1.31 bits per heavy atom. The summed E-state index contributed by atoms with van der Waals surface area (Å²) in [4.78, 5) is 7.99. The first-order valence-electron chi connectivity index (χ1n) is 26.2. The second-order valence-corrected chi connectivity index (χ2v) is 21.9. The van der Waals surface area contributed by atoms with Crippen molar-refractivity contribution in [2.45, 2.75) is 157 Å². The van der Waals surface area contributed by atoms with Crippen LogP contribution in [0.2, 0.25) is 0 Å². The zero-order valence-electron chi connectivity index (χ0n) is 43.7. The molecule has 6 aliphatic heterocycles. The lowest BCUT2D eigenvalue weighted by Crippen LogP contribution is -2.64. The lowest BCUT2D eigenvalue weighted by molar-refractivity contribution is -0.367. The van der Waals surface area contributed by atoms with E-state index in [0.717, 1.165) is 22.3 Å². The molecular weight excluding hydrogens is 1040 g/mol. The van der Waals surface area contributed by atoms with Crippen molar-refractivity contribution in [1.29, 1.82) is 0 Å². The van der Waals surface area contributed by atoms with E-state index < -0.39 is 114 Å².